The molecule has 3 aromatic heterocycles. The molecular formula is C30H30ClN5O. The van der Waals surface area contributed by atoms with Crippen molar-refractivity contribution >= 4 is 28.3 Å². The lowest BCUT2D eigenvalue weighted by Crippen LogP contribution is -2.31. The summed E-state index contributed by atoms with van der Waals surface area (Å²) in [7, 11) is 3.93. The van der Waals surface area contributed by atoms with E-state index in [1.165, 1.54) is 0 Å². The summed E-state index contributed by atoms with van der Waals surface area (Å²) in [4.78, 5) is 15.7. The van der Waals surface area contributed by atoms with Gasteiger partial charge in [0.05, 0.1) is 28.8 Å². The molecule has 1 N–H and O–H groups in total. The van der Waals surface area contributed by atoms with Crippen LogP contribution < -0.4 is 4.90 Å². The van der Waals surface area contributed by atoms with E-state index in [0.717, 1.165) is 47.2 Å². The number of unbranched alkanes of at least 4 members (excludes halogenated alkanes) is 1. The van der Waals surface area contributed by atoms with Crippen LogP contribution in [0.15, 0.2) is 85.6 Å². The Bertz CT molecular complexity index is 1520. The zero-order chi connectivity index (χ0) is 26.0. The van der Waals surface area contributed by atoms with Crippen LogP contribution in [0.25, 0.3) is 22.0 Å². The van der Waals surface area contributed by atoms with Crippen molar-refractivity contribution < 1.29 is 5.11 Å². The lowest BCUT2D eigenvalue weighted by molar-refractivity contribution is 0.117. The first-order chi connectivity index (χ1) is 17.9. The maximum atomic E-state index is 12.3. The number of anilines is 1. The maximum Gasteiger partial charge on any atom is 0.157 e. The Morgan fingerprint density at radius 2 is 1.76 bits per heavy atom. The second-order valence-corrected chi connectivity index (χ2v) is 9.71. The first-order valence-corrected chi connectivity index (χ1v) is 12.8. The van der Waals surface area contributed by atoms with Crippen LogP contribution in [-0.2, 0) is 12.6 Å². The van der Waals surface area contributed by atoms with E-state index in [-0.39, 0.29) is 0 Å². The minimum absolute atomic E-state index is 0.610. The van der Waals surface area contributed by atoms with Gasteiger partial charge < -0.3 is 14.6 Å². The standard InChI is InChI=1S/C30H30ClN5O/c1-4-5-17-35(2)29-27(21-9-7-6-8-10-21)28(31)24-18-23(11-12-25(24)34-29)30(37,22-13-15-32-16-14-22)26-19-33-20-36(26)3/h6-16,18-20,37H,4-5,17H2,1-3H3. The zero-order valence-electron chi connectivity index (χ0n) is 21.3. The molecule has 0 aliphatic carbocycles. The summed E-state index contributed by atoms with van der Waals surface area (Å²) in [6, 6.07) is 19.5. The smallest absolute Gasteiger partial charge is 0.157 e. The number of halogens is 1. The number of imidazole rings is 1. The molecule has 0 saturated heterocycles. The summed E-state index contributed by atoms with van der Waals surface area (Å²) >= 11 is 7.21. The van der Waals surface area contributed by atoms with Gasteiger partial charge in [-0.1, -0.05) is 61.3 Å². The third kappa shape index (κ3) is 4.47. The highest BCUT2D eigenvalue weighted by molar-refractivity contribution is 6.38. The molecule has 0 radical (unpaired) electrons. The molecule has 5 aromatic rings. The molecule has 7 heteroatoms. The molecule has 1 atom stereocenters. The lowest BCUT2D eigenvalue weighted by atomic mass is 9.83. The largest absolute Gasteiger partial charge is 0.374 e. The summed E-state index contributed by atoms with van der Waals surface area (Å²) in [5.41, 5.74) is 3.20. The lowest BCUT2D eigenvalue weighted by Gasteiger charge is -2.30. The van der Waals surface area contributed by atoms with Gasteiger partial charge in [-0.2, -0.15) is 0 Å². The Labute approximate surface area is 222 Å². The molecule has 0 spiro atoms. The van der Waals surface area contributed by atoms with Crippen molar-refractivity contribution in [2.45, 2.75) is 25.4 Å². The summed E-state index contributed by atoms with van der Waals surface area (Å²) in [5.74, 6) is 0.848. The molecule has 3 heterocycles. The molecule has 0 saturated carbocycles. The van der Waals surface area contributed by atoms with Crippen molar-refractivity contribution in [3.8, 4) is 11.1 Å². The number of nitrogens with zero attached hydrogens (tertiary/aromatic N) is 5. The Hall–Kier alpha value is -3.74. The number of aromatic nitrogens is 4. The number of aryl methyl sites for hydroxylation is 1. The van der Waals surface area contributed by atoms with E-state index in [4.69, 9.17) is 16.6 Å². The van der Waals surface area contributed by atoms with Crippen molar-refractivity contribution in [3.05, 3.63) is 107 Å². The van der Waals surface area contributed by atoms with E-state index < -0.39 is 5.60 Å². The molecule has 2 aromatic carbocycles. The van der Waals surface area contributed by atoms with Gasteiger partial charge in [-0.3, -0.25) is 4.98 Å². The van der Waals surface area contributed by atoms with Crippen molar-refractivity contribution in [2.75, 3.05) is 18.5 Å². The minimum Gasteiger partial charge on any atom is -0.374 e. The fourth-order valence-electron chi connectivity index (χ4n) is 4.84. The first kappa shape index (κ1) is 24.9. The monoisotopic (exact) mass is 511 g/mol. The van der Waals surface area contributed by atoms with Gasteiger partial charge in [0.1, 0.15) is 5.82 Å². The number of hydrogen-bond acceptors (Lipinski definition) is 5. The van der Waals surface area contributed by atoms with Gasteiger partial charge in [0.2, 0.25) is 0 Å². The Morgan fingerprint density at radius 1 is 1.00 bits per heavy atom. The minimum atomic E-state index is -1.46. The predicted molar refractivity (Wildman–Crippen MR) is 150 cm³/mol. The Balaban J connectivity index is 1.76. The second kappa shape index (κ2) is 10.3. The molecule has 37 heavy (non-hydrogen) atoms. The highest BCUT2D eigenvalue weighted by Crippen LogP contribution is 2.43. The summed E-state index contributed by atoms with van der Waals surface area (Å²) < 4.78 is 1.83. The van der Waals surface area contributed by atoms with Crippen LogP contribution in [0, 0.1) is 0 Å². The van der Waals surface area contributed by atoms with Gasteiger partial charge in [-0.05, 0) is 47.4 Å². The van der Waals surface area contributed by atoms with Gasteiger partial charge in [0.15, 0.2) is 5.60 Å². The predicted octanol–water partition coefficient (Wildman–Crippen LogP) is 6.20. The van der Waals surface area contributed by atoms with Crippen LogP contribution in [0.4, 0.5) is 5.82 Å². The van der Waals surface area contributed by atoms with Crippen LogP contribution in [0.1, 0.15) is 36.6 Å². The first-order valence-electron chi connectivity index (χ1n) is 12.4. The third-order valence-electron chi connectivity index (χ3n) is 6.88. The van der Waals surface area contributed by atoms with Crippen LogP contribution in [0.3, 0.4) is 0 Å². The van der Waals surface area contributed by atoms with Crippen LogP contribution in [0.5, 0.6) is 0 Å². The molecule has 0 aliphatic heterocycles. The fraction of sp³-hybridized carbons (Fsp3) is 0.233. The van der Waals surface area contributed by atoms with E-state index in [1.54, 1.807) is 24.9 Å². The van der Waals surface area contributed by atoms with Crippen molar-refractivity contribution in [1.82, 2.24) is 19.5 Å². The van der Waals surface area contributed by atoms with Gasteiger partial charge in [-0.15, -0.1) is 0 Å². The molecule has 0 amide bonds. The number of pyridine rings is 2. The topological polar surface area (TPSA) is 67.1 Å². The molecular weight excluding hydrogens is 482 g/mol. The van der Waals surface area contributed by atoms with Gasteiger partial charge >= 0.3 is 0 Å². The maximum absolute atomic E-state index is 12.3. The molecule has 5 rings (SSSR count). The molecule has 0 fully saturated rings. The highest BCUT2D eigenvalue weighted by atomic mass is 35.5. The van der Waals surface area contributed by atoms with Gasteiger partial charge in [-0.25, -0.2) is 9.97 Å². The van der Waals surface area contributed by atoms with Crippen molar-refractivity contribution in [2.24, 2.45) is 7.05 Å². The normalized spacial score (nSPS) is 13.0. The van der Waals surface area contributed by atoms with E-state index in [0.29, 0.717) is 21.8 Å². The number of hydrogen-bond donors (Lipinski definition) is 1. The van der Waals surface area contributed by atoms with E-state index >= 15 is 0 Å². The summed E-state index contributed by atoms with van der Waals surface area (Å²) in [5, 5.41) is 13.7. The average molecular weight is 512 g/mol. The third-order valence-corrected chi connectivity index (χ3v) is 7.27. The van der Waals surface area contributed by atoms with Crippen LogP contribution in [0.2, 0.25) is 5.02 Å². The molecule has 1 unspecified atom stereocenters. The number of fused-ring (bicyclic) bond motifs is 1. The van der Waals surface area contributed by atoms with E-state index in [2.05, 4.69) is 41.0 Å². The Morgan fingerprint density at radius 3 is 2.43 bits per heavy atom. The summed E-state index contributed by atoms with van der Waals surface area (Å²) in [6.07, 6.45) is 8.88. The quantitative estimate of drug-likeness (QED) is 0.268. The molecule has 0 bridgehead atoms. The van der Waals surface area contributed by atoms with Crippen molar-refractivity contribution in [1.29, 1.82) is 0 Å². The van der Waals surface area contributed by atoms with Crippen molar-refractivity contribution in [3.63, 3.8) is 0 Å². The number of aliphatic hydroxyl groups is 1. The van der Waals surface area contributed by atoms with Gasteiger partial charge in [0, 0.05) is 44.0 Å². The average Bonchev–Trinajstić information content (AvgIpc) is 3.38. The van der Waals surface area contributed by atoms with Crippen LogP contribution >= 0.6 is 11.6 Å². The zero-order valence-corrected chi connectivity index (χ0v) is 22.0. The molecule has 6 nitrogen and oxygen atoms in total. The second-order valence-electron chi connectivity index (χ2n) is 9.33. The molecule has 188 valence electrons. The van der Waals surface area contributed by atoms with Crippen LogP contribution in [-0.4, -0.2) is 38.2 Å². The SMILES string of the molecule is CCCCN(C)c1nc2ccc(C(O)(c3ccncc3)c3cncn3C)cc2c(Cl)c1-c1ccccc1. The summed E-state index contributed by atoms with van der Waals surface area (Å²) in [6.45, 7) is 3.06. The number of rotatable bonds is 8. The van der Waals surface area contributed by atoms with E-state index in [1.807, 2.05) is 60.1 Å². The highest BCUT2D eigenvalue weighted by Gasteiger charge is 2.37. The fourth-order valence-corrected chi connectivity index (χ4v) is 5.18. The Kier molecular flexibility index (Phi) is 6.96. The molecule has 0 aliphatic rings. The van der Waals surface area contributed by atoms with Gasteiger partial charge in [0.25, 0.3) is 0 Å². The van der Waals surface area contributed by atoms with E-state index in [9.17, 15) is 5.11 Å². The number of benzene rings is 2.